The number of carboxylic acid groups (broad SMARTS) is 3. The van der Waals surface area contributed by atoms with Crippen molar-refractivity contribution in [1.82, 2.24) is 5.32 Å². The summed E-state index contributed by atoms with van der Waals surface area (Å²) in [6.07, 6.45) is 7.75. The molecular formula is C22H34N2O6. The highest BCUT2D eigenvalue weighted by molar-refractivity contribution is 5.77. The predicted molar refractivity (Wildman–Crippen MR) is 113 cm³/mol. The standard InChI is InChI=1S/C13H17NO4.C9H17NO2/c1-9(12(15)16)14-11(13(17)18)8-7-10-5-3-2-4-6-10;10-8(9(11)12)6-7-4-2-1-3-5-7/h2-6,9,11,14H,7-8H2,1H3,(H,15,16)(H,17,18);7-8H,1-6,10H2,(H,11,12)/t9-,11+;8-/m10/s1. The van der Waals surface area contributed by atoms with E-state index in [1.54, 1.807) is 0 Å². The summed E-state index contributed by atoms with van der Waals surface area (Å²) in [5.74, 6) is -2.38. The van der Waals surface area contributed by atoms with Crippen molar-refractivity contribution < 1.29 is 29.7 Å². The second-order valence-electron chi connectivity index (χ2n) is 7.83. The SMILES string of the molecule is C[C@@H](N[C@@H](CCc1ccccc1)C(=O)O)C(=O)O.N[C@@H](CC1CCCCC1)C(=O)O. The van der Waals surface area contributed by atoms with Crippen molar-refractivity contribution in [2.24, 2.45) is 11.7 Å². The molecule has 6 N–H and O–H groups in total. The molecule has 168 valence electrons. The van der Waals surface area contributed by atoms with E-state index in [1.165, 1.54) is 39.0 Å². The van der Waals surface area contributed by atoms with Crippen molar-refractivity contribution in [3.63, 3.8) is 0 Å². The molecule has 1 aliphatic carbocycles. The van der Waals surface area contributed by atoms with Gasteiger partial charge in [0.15, 0.2) is 0 Å². The van der Waals surface area contributed by atoms with Gasteiger partial charge in [-0.2, -0.15) is 0 Å². The molecule has 0 bridgehead atoms. The van der Waals surface area contributed by atoms with E-state index in [0.717, 1.165) is 5.56 Å². The Morgan fingerprint density at radius 2 is 1.60 bits per heavy atom. The van der Waals surface area contributed by atoms with Gasteiger partial charge in [-0.3, -0.25) is 19.7 Å². The number of nitrogens with two attached hydrogens (primary N) is 1. The number of hydrogen-bond acceptors (Lipinski definition) is 5. The van der Waals surface area contributed by atoms with Crippen molar-refractivity contribution in [2.45, 2.75) is 76.4 Å². The molecule has 1 fully saturated rings. The summed E-state index contributed by atoms with van der Waals surface area (Å²) in [7, 11) is 0. The third-order valence-electron chi connectivity index (χ3n) is 5.31. The molecule has 8 heteroatoms. The van der Waals surface area contributed by atoms with Crippen LogP contribution in [0, 0.1) is 5.92 Å². The van der Waals surface area contributed by atoms with Crippen LogP contribution in [0.25, 0.3) is 0 Å². The fraction of sp³-hybridized carbons (Fsp3) is 0.591. The lowest BCUT2D eigenvalue weighted by Gasteiger charge is -2.22. The molecule has 0 radical (unpaired) electrons. The van der Waals surface area contributed by atoms with Crippen LogP contribution in [0.4, 0.5) is 0 Å². The fourth-order valence-electron chi connectivity index (χ4n) is 3.49. The van der Waals surface area contributed by atoms with Crippen LogP contribution in [0.2, 0.25) is 0 Å². The van der Waals surface area contributed by atoms with E-state index in [-0.39, 0.29) is 0 Å². The Morgan fingerprint density at radius 3 is 2.10 bits per heavy atom. The van der Waals surface area contributed by atoms with Crippen LogP contribution in [-0.4, -0.2) is 51.4 Å². The molecule has 30 heavy (non-hydrogen) atoms. The summed E-state index contributed by atoms with van der Waals surface area (Å²) in [6.45, 7) is 1.43. The minimum Gasteiger partial charge on any atom is -0.480 e. The van der Waals surface area contributed by atoms with Crippen molar-refractivity contribution in [3.05, 3.63) is 35.9 Å². The van der Waals surface area contributed by atoms with Gasteiger partial charge in [-0.05, 0) is 37.7 Å². The van der Waals surface area contributed by atoms with E-state index in [4.69, 9.17) is 21.1 Å². The topological polar surface area (TPSA) is 150 Å². The molecular weight excluding hydrogens is 388 g/mol. The fourth-order valence-corrected chi connectivity index (χ4v) is 3.49. The maximum Gasteiger partial charge on any atom is 0.320 e. The number of carboxylic acids is 3. The Hall–Kier alpha value is -2.45. The van der Waals surface area contributed by atoms with Gasteiger partial charge < -0.3 is 21.1 Å². The number of aliphatic carboxylic acids is 3. The van der Waals surface area contributed by atoms with E-state index >= 15 is 0 Å². The first-order chi connectivity index (χ1) is 14.2. The molecule has 1 aromatic rings. The summed E-state index contributed by atoms with van der Waals surface area (Å²) in [4.78, 5) is 32.1. The van der Waals surface area contributed by atoms with E-state index in [1.807, 2.05) is 30.3 Å². The maximum atomic E-state index is 11.0. The smallest absolute Gasteiger partial charge is 0.320 e. The lowest BCUT2D eigenvalue weighted by molar-refractivity contribution is -0.142. The Morgan fingerprint density at radius 1 is 1.00 bits per heavy atom. The van der Waals surface area contributed by atoms with Gasteiger partial charge in [0.1, 0.15) is 18.1 Å². The Labute approximate surface area is 177 Å². The first-order valence-corrected chi connectivity index (χ1v) is 10.4. The Kier molecular flexibility index (Phi) is 11.7. The van der Waals surface area contributed by atoms with Crippen LogP contribution in [-0.2, 0) is 20.8 Å². The van der Waals surface area contributed by atoms with Gasteiger partial charge in [0, 0.05) is 0 Å². The highest BCUT2D eigenvalue weighted by Crippen LogP contribution is 2.26. The zero-order valence-corrected chi connectivity index (χ0v) is 17.5. The largest absolute Gasteiger partial charge is 0.480 e. The van der Waals surface area contributed by atoms with E-state index in [2.05, 4.69) is 5.32 Å². The number of aryl methyl sites for hydroxylation is 1. The van der Waals surface area contributed by atoms with Gasteiger partial charge in [-0.1, -0.05) is 62.4 Å². The van der Waals surface area contributed by atoms with E-state index in [0.29, 0.717) is 25.2 Å². The van der Waals surface area contributed by atoms with Crippen molar-refractivity contribution in [2.75, 3.05) is 0 Å². The Balaban J connectivity index is 0.000000325. The molecule has 3 atom stereocenters. The predicted octanol–water partition coefficient (Wildman–Crippen LogP) is 2.50. The minimum atomic E-state index is -1.05. The van der Waals surface area contributed by atoms with Crippen molar-refractivity contribution >= 4 is 17.9 Å². The first-order valence-electron chi connectivity index (χ1n) is 10.4. The molecule has 2 rings (SSSR count). The van der Waals surface area contributed by atoms with Gasteiger partial charge in [0.25, 0.3) is 0 Å². The summed E-state index contributed by atoms with van der Waals surface area (Å²) in [5, 5.41) is 28.9. The number of hydrogen-bond donors (Lipinski definition) is 5. The van der Waals surface area contributed by atoms with Crippen LogP contribution in [0.3, 0.4) is 0 Å². The summed E-state index contributed by atoms with van der Waals surface area (Å²) in [6, 6.07) is 7.13. The van der Waals surface area contributed by atoms with Crippen LogP contribution >= 0.6 is 0 Å². The second-order valence-corrected chi connectivity index (χ2v) is 7.83. The molecule has 0 unspecified atom stereocenters. The molecule has 0 saturated heterocycles. The van der Waals surface area contributed by atoms with Gasteiger partial charge in [-0.15, -0.1) is 0 Å². The molecule has 1 aromatic carbocycles. The highest BCUT2D eigenvalue weighted by atomic mass is 16.4. The van der Waals surface area contributed by atoms with E-state index < -0.39 is 36.0 Å². The molecule has 0 aromatic heterocycles. The quantitative estimate of drug-likeness (QED) is 0.386. The van der Waals surface area contributed by atoms with Crippen molar-refractivity contribution in [3.8, 4) is 0 Å². The summed E-state index contributed by atoms with van der Waals surface area (Å²) in [5.41, 5.74) is 6.48. The second kappa shape index (κ2) is 13.7. The molecule has 1 saturated carbocycles. The average Bonchev–Trinajstić information content (AvgIpc) is 2.72. The zero-order chi connectivity index (χ0) is 22.5. The third kappa shape index (κ3) is 10.4. The van der Waals surface area contributed by atoms with Gasteiger partial charge in [-0.25, -0.2) is 0 Å². The molecule has 1 aliphatic rings. The molecule has 0 heterocycles. The first kappa shape index (κ1) is 25.6. The normalized spacial score (nSPS) is 17.1. The van der Waals surface area contributed by atoms with Crippen molar-refractivity contribution in [1.29, 1.82) is 0 Å². The lowest BCUT2D eigenvalue weighted by Crippen LogP contribution is -2.45. The summed E-state index contributed by atoms with van der Waals surface area (Å²) < 4.78 is 0. The Bertz CT molecular complexity index is 661. The number of carbonyl (C=O) groups is 3. The molecule has 0 amide bonds. The number of rotatable bonds is 10. The van der Waals surface area contributed by atoms with Crippen LogP contribution < -0.4 is 11.1 Å². The highest BCUT2D eigenvalue weighted by Gasteiger charge is 2.22. The maximum absolute atomic E-state index is 11.0. The molecule has 8 nitrogen and oxygen atoms in total. The van der Waals surface area contributed by atoms with Gasteiger partial charge in [0.2, 0.25) is 0 Å². The van der Waals surface area contributed by atoms with E-state index in [9.17, 15) is 14.4 Å². The summed E-state index contributed by atoms with van der Waals surface area (Å²) >= 11 is 0. The number of benzene rings is 1. The monoisotopic (exact) mass is 422 g/mol. The van der Waals surface area contributed by atoms with Gasteiger partial charge >= 0.3 is 17.9 Å². The molecule has 0 spiro atoms. The lowest BCUT2D eigenvalue weighted by atomic mass is 9.85. The molecule has 0 aliphatic heterocycles. The third-order valence-corrected chi connectivity index (χ3v) is 5.31. The van der Waals surface area contributed by atoms with Crippen LogP contribution in [0.5, 0.6) is 0 Å². The number of nitrogens with one attached hydrogen (secondary N) is 1. The van der Waals surface area contributed by atoms with Crippen LogP contribution in [0.1, 0.15) is 57.4 Å². The van der Waals surface area contributed by atoms with Crippen LogP contribution in [0.15, 0.2) is 30.3 Å². The van der Waals surface area contributed by atoms with Gasteiger partial charge in [0.05, 0.1) is 0 Å². The average molecular weight is 423 g/mol. The minimum absolute atomic E-state index is 0.358. The zero-order valence-electron chi connectivity index (χ0n) is 17.5.